The Bertz CT molecular complexity index is 660. The second-order valence-electron chi connectivity index (χ2n) is 6.07. The van der Waals surface area contributed by atoms with Crippen LogP contribution < -0.4 is 5.32 Å². The minimum absolute atomic E-state index is 0.0585. The SMILES string of the molecule is OCC1(CNCc2ccc(-n3ccc(C(F)(F)F)n3)cc2)CC1. The fraction of sp³-hybridized carbons (Fsp3) is 0.438. The monoisotopic (exact) mass is 325 g/mol. The molecule has 1 aliphatic rings. The summed E-state index contributed by atoms with van der Waals surface area (Å²) in [5.41, 5.74) is 0.772. The molecule has 0 saturated heterocycles. The Hall–Kier alpha value is -1.86. The van der Waals surface area contributed by atoms with E-state index in [-0.39, 0.29) is 12.0 Å². The van der Waals surface area contributed by atoms with Gasteiger partial charge in [-0.25, -0.2) is 4.68 Å². The lowest BCUT2D eigenvalue weighted by Gasteiger charge is -2.12. The van der Waals surface area contributed by atoms with E-state index >= 15 is 0 Å². The van der Waals surface area contributed by atoms with Gasteiger partial charge in [0.1, 0.15) is 0 Å². The van der Waals surface area contributed by atoms with E-state index in [0.717, 1.165) is 31.0 Å². The Morgan fingerprint density at radius 2 is 1.87 bits per heavy atom. The van der Waals surface area contributed by atoms with Gasteiger partial charge in [-0.05, 0) is 36.6 Å². The summed E-state index contributed by atoms with van der Waals surface area (Å²) >= 11 is 0. The van der Waals surface area contributed by atoms with E-state index in [1.807, 2.05) is 12.1 Å². The first-order valence-electron chi connectivity index (χ1n) is 7.46. The minimum atomic E-state index is -4.43. The lowest BCUT2D eigenvalue weighted by atomic mass is 10.1. The Balaban J connectivity index is 1.59. The van der Waals surface area contributed by atoms with Gasteiger partial charge in [-0.1, -0.05) is 12.1 Å². The van der Waals surface area contributed by atoms with Gasteiger partial charge in [-0.3, -0.25) is 0 Å². The Morgan fingerprint density at radius 3 is 2.39 bits per heavy atom. The van der Waals surface area contributed by atoms with Crippen molar-refractivity contribution in [2.45, 2.75) is 25.6 Å². The quantitative estimate of drug-likeness (QED) is 0.859. The first kappa shape index (κ1) is 16.0. The minimum Gasteiger partial charge on any atom is -0.396 e. The van der Waals surface area contributed by atoms with Crippen LogP contribution in [0.1, 0.15) is 24.1 Å². The zero-order valence-electron chi connectivity index (χ0n) is 12.5. The summed E-state index contributed by atoms with van der Waals surface area (Å²) in [6, 6.07) is 8.15. The van der Waals surface area contributed by atoms with Crippen molar-refractivity contribution in [3.05, 3.63) is 47.8 Å². The summed E-state index contributed by atoms with van der Waals surface area (Å²) in [6.07, 6.45) is -1.03. The summed E-state index contributed by atoms with van der Waals surface area (Å²) in [4.78, 5) is 0. The number of aromatic nitrogens is 2. The molecule has 0 amide bonds. The van der Waals surface area contributed by atoms with E-state index in [1.165, 1.54) is 10.9 Å². The van der Waals surface area contributed by atoms with Gasteiger partial charge in [0.05, 0.1) is 5.69 Å². The summed E-state index contributed by atoms with van der Waals surface area (Å²) in [6.45, 7) is 1.65. The summed E-state index contributed by atoms with van der Waals surface area (Å²) < 4.78 is 38.9. The molecule has 2 N–H and O–H groups in total. The molecule has 0 atom stereocenters. The molecule has 1 heterocycles. The van der Waals surface area contributed by atoms with Gasteiger partial charge >= 0.3 is 6.18 Å². The summed E-state index contributed by atoms with van der Waals surface area (Å²) in [5.74, 6) is 0. The average molecular weight is 325 g/mol. The predicted octanol–water partition coefficient (Wildman–Crippen LogP) is 2.75. The van der Waals surface area contributed by atoms with Gasteiger partial charge < -0.3 is 10.4 Å². The van der Waals surface area contributed by atoms with E-state index in [2.05, 4.69) is 10.4 Å². The summed E-state index contributed by atoms with van der Waals surface area (Å²) in [5, 5.41) is 16.1. The molecule has 23 heavy (non-hydrogen) atoms. The van der Waals surface area contributed by atoms with Crippen LogP contribution in [0.2, 0.25) is 0 Å². The van der Waals surface area contributed by atoms with Crippen LogP contribution in [0.15, 0.2) is 36.5 Å². The predicted molar refractivity (Wildman–Crippen MR) is 79.0 cm³/mol. The average Bonchev–Trinajstić information content (AvgIpc) is 3.11. The van der Waals surface area contributed by atoms with Gasteiger partial charge in [0.15, 0.2) is 5.69 Å². The fourth-order valence-electron chi connectivity index (χ4n) is 2.43. The normalized spacial score (nSPS) is 16.5. The van der Waals surface area contributed by atoms with Crippen molar-refractivity contribution < 1.29 is 18.3 Å². The van der Waals surface area contributed by atoms with Crippen molar-refractivity contribution in [1.82, 2.24) is 15.1 Å². The van der Waals surface area contributed by atoms with E-state index in [9.17, 15) is 18.3 Å². The van der Waals surface area contributed by atoms with Gasteiger partial charge in [-0.15, -0.1) is 0 Å². The molecule has 4 nitrogen and oxygen atoms in total. The smallest absolute Gasteiger partial charge is 0.396 e. The molecule has 124 valence electrons. The van der Waals surface area contributed by atoms with E-state index in [1.54, 1.807) is 12.1 Å². The third kappa shape index (κ3) is 3.73. The molecule has 0 unspecified atom stereocenters. The van der Waals surface area contributed by atoms with E-state index in [0.29, 0.717) is 12.2 Å². The molecule has 0 spiro atoms. The lowest BCUT2D eigenvalue weighted by Crippen LogP contribution is -2.26. The highest BCUT2D eigenvalue weighted by Gasteiger charge is 2.41. The van der Waals surface area contributed by atoms with E-state index < -0.39 is 11.9 Å². The molecule has 1 aromatic carbocycles. The molecule has 1 aliphatic carbocycles. The van der Waals surface area contributed by atoms with Crippen LogP contribution in [0.4, 0.5) is 13.2 Å². The van der Waals surface area contributed by atoms with Crippen molar-refractivity contribution in [3.63, 3.8) is 0 Å². The van der Waals surface area contributed by atoms with Crippen molar-refractivity contribution in [2.75, 3.05) is 13.2 Å². The number of hydrogen-bond acceptors (Lipinski definition) is 3. The molecule has 3 rings (SSSR count). The highest BCUT2D eigenvalue weighted by atomic mass is 19.4. The zero-order valence-corrected chi connectivity index (χ0v) is 12.5. The van der Waals surface area contributed by atoms with Crippen LogP contribution in [-0.2, 0) is 12.7 Å². The standard InChI is InChI=1S/C16H18F3N3O/c17-16(18,19)14-5-8-22(21-14)13-3-1-12(2-4-13)9-20-10-15(11-23)6-7-15/h1-5,8,20,23H,6-7,9-11H2. The Morgan fingerprint density at radius 1 is 1.17 bits per heavy atom. The molecular weight excluding hydrogens is 307 g/mol. The summed E-state index contributed by atoms with van der Waals surface area (Å²) in [7, 11) is 0. The molecular formula is C16H18F3N3O. The first-order valence-corrected chi connectivity index (χ1v) is 7.46. The molecule has 0 radical (unpaired) electrons. The van der Waals surface area contributed by atoms with Crippen molar-refractivity contribution in [3.8, 4) is 5.69 Å². The third-order valence-corrected chi connectivity index (χ3v) is 4.20. The topological polar surface area (TPSA) is 50.1 Å². The second-order valence-corrected chi connectivity index (χ2v) is 6.07. The van der Waals surface area contributed by atoms with Crippen LogP contribution in [0, 0.1) is 5.41 Å². The Kier molecular flexibility index (Phi) is 4.16. The highest BCUT2D eigenvalue weighted by molar-refractivity contribution is 5.34. The molecule has 1 saturated carbocycles. The number of benzene rings is 1. The maximum atomic E-state index is 12.5. The number of alkyl halides is 3. The second kappa shape index (κ2) is 5.98. The number of aliphatic hydroxyl groups excluding tert-OH is 1. The maximum absolute atomic E-state index is 12.5. The first-order chi connectivity index (χ1) is 10.9. The number of aliphatic hydroxyl groups is 1. The zero-order chi connectivity index (χ0) is 16.5. The van der Waals surface area contributed by atoms with Crippen LogP contribution in [0.5, 0.6) is 0 Å². The number of rotatable bonds is 6. The number of halogens is 3. The third-order valence-electron chi connectivity index (χ3n) is 4.20. The molecule has 0 bridgehead atoms. The largest absolute Gasteiger partial charge is 0.435 e. The molecule has 7 heteroatoms. The number of nitrogens with zero attached hydrogens (tertiary/aromatic N) is 2. The van der Waals surface area contributed by atoms with Crippen LogP contribution in [0.25, 0.3) is 5.69 Å². The van der Waals surface area contributed by atoms with Gasteiger partial charge in [0.25, 0.3) is 0 Å². The highest BCUT2D eigenvalue weighted by Crippen LogP contribution is 2.44. The van der Waals surface area contributed by atoms with Crippen LogP contribution in [0.3, 0.4) is 0 Å². The number of nitrogens with one attached hydrogen (secondary N) is 1. The van der Waals surface area contributed by atoms with Crippen LogP contribution in [-0.4, -0.2) is 28.0 Å². The molecule has 1 fully saturated rings. The lowest BCUT2D eigenvalue weighted by molar-refractivity contribution is -0.141. The van der Waals surface area contributed by atoms with Crippen molar-refractivity contribution in [2.24, 2.45) is 5.41 Å². The van der Waals surface area contributed by atoms with Gasteiger partial charge in [-0.2, -0.15) is 18.3 Å². The fourth-order valence-corrected chi connectivity index (χ4v) is 2.43. The Labute approximate surface area is 131 Å². The molecule has 0 aliphatic heterocycles. The van der Waals surface area contributed by atoms with Crippen molar-refractivity contribution in [1.29, 1.82) is 0 Å². The van der Waals surface area contributed by atoms with Gasteiger partial charge in [0, 0.05) is 31.3 Å². The molecule has 2 aromatic rings. The molecule has 1 aromatic heterocycles. The number of hydrogen-bond donors (Lipinski definition) is 2. The van der Waals surface area contributed by atoms with Gasteiger partial charge in [0.2, 0.25) is 0 Å². The van der Waals surface area contributed by atoms with E-state index in [4.69, 9.17) is 0 Å². The van der Waals surface area contributed by atoms with Crippen molar-refractivity contribution >= 4 is 0 Å². The maximum Gasteiger partial charge on any atom is 0.435 e. The van der Waals surface area contributed by atoms with Crippen LogP contribution >= 0.6 is 0 Å².